The number of halogens is 1. The molecule has 2 nitrogen and oxygen atoms in total. The summed E-state index contributed by atoms with van der Waals surface area (Å²) in [5, 5.41) is 5.64. The molecular formula is C10H11BrN2. The van der Waals surface area contributed by atoms with Crippen LogP contribution < -0.4 is 0 Å². The summed E-state index contributed by atoms with van der Waals surface area (Å²) in [4.78, 5) is 0. The molecule has 3 heteroatoms. The molecule has 0 aliphatic carbocycles. The zero-order valence-electron chi connectivity index (χ0n) is 7.66. The minimum atomic E-state index is 0.416. The fraction of sp³-hybridized carbons (Fsp3) is 0.300. The second-order valence-electron chi connectivity index (χ2n) is 3.38. The molecule has 0 bridgehead atoms. The Labute approximate surface area is 85.7 Å². The summed E-state index contributed by atoms with van der Waals surface area (Å²) in [6.07, 6.45) is 2.07. The lowest BCUT2D eigenvalue weighted by molar-refractivity contribution is 0.537. The maximum Gasteiger partial charge on any atom is 0.0934 e. The standard InChI is InChI=1S/C10H11BrN2/c1-7(2)13-6-8-9(11)4-3-5-10(8)12-13/h3-7H,1-2H3. The van der Waals surface area contributed by atoms with Gasteiger partial charge in [-0.25, -0.2) is 0 Å². The van der Waals surface area contributed by atoms with E-state index in [2.05, 4.69) is 41.1 Å². The van der Waals surface area contributed by atoms with E-state index in [1.165, 1.54) is 5.39 Å². The van der Waals surface area contributed by atoms with Gasteiger partial charge in [0, 0.05) is 22.1 Å². The molecule has 0 spiro atoms. The summed E-state index contributed by atoms with van der Waals surface area (Å²) in [5.41, 5.74) is 1.04. The molecule has 0 atom stereocenters. The first kappa shape index (κ1) is 8.75. The first-order chi connectivity index (χ1) is 6.18. The summed E-state index contributed by atoms with van der Waals surface area (Å²) in [5.74, 6) is 0. The minimum Gasteiger partial charge on any atom is -0.269 e. The van der Waals surface area contributed by atoms with Gasteiger partial charge in [0.2, 0.25) is 0 Å². The summed E-state index contributed by atoms with van der Waals surface area (Å²) < 4.78 is 3.09. The Kier molecular flexibility index (Phi) is 2.12. The van der Waals surface area contributed by atoms with E-state index in [4.69, 9.17) is 0 Å². The molecule has 0 saturated carbocycles. The van der Waals surface area contributed by atoms with Crippen LogP contribution in [-0.4, -0.2) is 9.78 Å². The van der Waals surface area contributed by atoms with Gasteiger partial charge in [-0.3, -0.25) is 4.68 Å². The number of rotatable bonds is 1. The largest absolute Gasteiger partial charge is 0.269 e. The maximum absolute atomic E-state index is 4.46. The zero-order valence-corrected chi connectivity index (χ0v) is 9.25. The Bertz CT molecular complexity index is 431. The van der Waals surface area contributed by atoms with Gasteiger partial charge >= 0.3 is 0 Å². The van der Waals surface area contributed by atoms with Crippen LogP contribution in [0.25, 0.3) is 10.9 Å². The van der Waals surface area contributed by atoms with Gasteiger partial charge in [-0.1, -0.05) is 22.0 Å². The number of nitrogens with zero attached hydrogens (tertiary/aromatic N) is 2. The van der Waals surface area contributed by atoms with E-state index in [9.17, 15) is 0 Å². The van der Waals surface area contributed by atoms with E-state index in [1.807, 2.05) is 22.9 Å². The van der Waals surface area contributed by atoms with E-state index < -0.39 is 0 Å². The highest BCUT2D eigenvalue weighted by Crippen LogP contribution is 2.23. The maximum atomic E-state index is 4.46. The first-order valence-electron chi connectivity index (χ1n) is 4.32. The van der Waals surface area contributed by atoms with Crippen LogP contribution in [0.15, 0.2) is 28.9 Å². The molecule has 1 aromatic heterocycles. The van der Waals surface area contributed by atoms with Crippen molar-refractivity contribution >= 4 is 26.8 Å². The van der Waals surface area contributed by atoms with Gasteiger partial charge in [0.1, 0.15) is 0 Å². The predicted octanol–water partition coefficient (Wildman–Crippen LogP) is 3.38. The zero-order chi connectivity index (χ0) is 9.42. The third kappa shape index (κ3) is 1.48. The smallest absolute Gasteiger partial charge is 0.0934 e. The van der Waals surface area contributed by atoms with Crippen LogP contribution in [0.3, 0.4) is 0 Å². The molecule has 0 aliphatic heterocycles. The van der Waals surface area contributed by atoms with Crippen molar-refractivity contribution in [2.45, 2.75) is 19.9 Å². The highest BCUT2D eigenvalue weighted by atomic mass is 79.9. The minimum absolute atomic E-state index is 0.416. The topological polar surface area (TPSA) is 17.8 Å². The Hall–Kier alpha value is -0.830. The van der Waals surface area contributed by atoms with Gasteiger partial charge in [-0.15, -0.1) is 0 Å². The number of fused-ring (bicyclic) bond motifs is 1. The van der Waals surface area contributed by atoms with Crippen LogP contribution in [0.2, 0.25) is 0 Å². The predicted molar refractivity (Wildman–Crippen MR) is 57.8 cm³/mol. The molecule has 2 aromatic rings. The number of aromatic nitrogens is 2. The van der Waals surface area contributed by atoms with Crippen molar-refractivity contribution in [1.29, 1.82) is 0 Å². The normalized spacial score (nSPS) is 11.4. The molecule has 13 heavy (non-hydrogen) atoms. The van der Waals surface area contributed by atoms with Crippen LogP contribution in [0.5, 0.6) is 0 Å². The van der Waals surface area contributed by atoms with Crippen LogP contribution >= 0.6 is 15.9 Å². The van der Waals surface area contributed by atoms with Crippen LogP contribution in [0, 0.1) is 0 Å². The van der Waals surface area contributed by atoms with Gasteiger partial charge in [0.25, 0.3) is 0 Å². The van der Waals surface area contributed by atoms with Crippen molar-refractivity contribution in [2.24, 2.45) is 0 Å². The lowest BCUT2D eigenvalue weighted by atomic mass is 10.3. The molecule has 0 aliphatic rings. The number of benzene rings is 1. The monoisotopic (exact) mass is 238 g/mol. The molecule has 0 saturated heterocycles. The molecule has 0 N–H and O–H groups in total. The van der Waals surface area contributed by atoms with E-state index in [0.717, 1.165) is 9.99 Å². The second-order valence-corrected chi connectivity index (χ2v) is 4.23. The van der Waals surface area contributed by atoms with Crippen LogP contribution in [-0.2, 0) is 0 Å². The Morgan fingerprint density at radius 3 is 2.77 bits per heavy atom. The van der Waals surface area contributed by atoms with E-state index in [1.54, 1.807) is 0 Å². The van der Waals surface area contributed by atoms with Gasteiger partial charge < -0.3 is 0 Å². The van der Waals surface area contributed by atoms with E-state index >= 15 is 0 Å². The lowest BCUT2D eigenvalue weighted by Gasteiger charge is -2.02. The quantitative estimate of drug-likeness (QED) is 0.745. The van der Waals surface area contributed by atoms with Crippen molar-refractivity contribution in [1.82, 2.24) is 9.78 Å². The fourth-order valence-corrected chi connectivity index (χ4v) is 1.75. The lowest BCUT2D eigenvalue weighted by Crippen LogP contribution is -1.99. The molecule has 0 amide bonds. The van der Waals surface area contributed by atoms with Gasteiger partial charge in [0.05, 0.1) is 5.52 Å². The van der Waals surface area contributed by atoms with Crippen molar-refractivity contribution < 1.29 is 0 Å². The third-order valence-corrected chi connectivity index (χ3v) is 2.74. The van der Waals surface area contributed by atoms with Crippen molar-refractivity contribution in [3.63, 3.8) is 0 Å². The highest BCUT2D eigenvalue weighted by Gasteiger charge is 2.04. The fourth-order valence-electron chi connectivity index (χ4n) is 1.29. The van der Waals surface area contributed by atoms with Crippen LogP contribution in [0.1, 0.15) is 19.9 Å². The van der Waals surface area contributed by atoms with E-state index in [0.29, 0.717) is 6.04 Å². The molecular weight excluding hydrogens is 228 g/mol. The molecule has 1 aromatic carbocycles. The van der Waals surface area contributed by atoms with Crippen molar-refractivity contribution in [3.8, 4) is 0 Å². The Balaban J connectivity index is 2.68. The SMILES string of the molecule is CC(C)n1cc2c(Br)cccc2n1. The average Bonchev–Trinajstić information content (AvgIpc) is 2.49. The first-order valence-corrected chi connectivity index (χ1v) is 5.11. The number of hydrogen-bond donors (Lipinski definition) is 0. The highest BCUT2D eigenvalue weighted by molar-refractivity contribution is 9.10. The van der Waals surface area contributed by atoms with Crippen LogP contribution in [0.4, 0.5) is 0 Å². The third-order valence-electron chi connectivity index (χ3n) is 2.04. The summed E-state index contributed by atoms with van der Waals surface area (Å²) in [6.45, 7) is 4.25. The average molecular weight is 239 g/mol. The number of hydrogen-bond acceptors (Lipinski definition) is 1. The van der Waals surface area contributed by atoms with Gasteiger partial charge in [0.15, 0.2) is 0 Å². The van der Waals surface area contributed by atoms with Gasteiger partial charge in [-0.2, -0.15) is 5.10 Å². The van der Waals surface area contributed by atoms with Crippen molar-refractivity contribution in [3.05, 3.63) is 28.9 Å². The second kappa shape index (κ2) is 3.14. The summed E-state index contributed by atoms with van der Waals surface area (Å²) in [6, 6.07) is 6.48. The Morgan fingerprint density at radius 2 is 2.15 bits per heavy atom. The molecule has 0 radical (unpaired) electrons. The molecule has 0 fully saturated rings. The van der Waals surface area contributed by atoms with Crippen molar-refractivity contribution in [2.75, 3.05) is 0 Å². The summed E-state index contributed by atoms with van der Waals surface area (Å²) in [7, 11) is 0. The summed E-state index contributed by atoms with van der Waals surface area (Å²) >= 11 is 3.51. The Morgan fingerprint density at radius 1 is 1.38 bits per heavy atom. The van der Waals surface area contributed by atoms with Gasteiger partial charge in [-0.05, 0) is 26.0 Å². The molecule has 2 rings (SSSR count). The van der Waals surface area contributed by atoms with E-state index in [-0.39, 0.29) is 0 Å². The molecule has 68 valence electrons. The molecule has 1 heterocycles. The molecule has 0 unspecified atom stereocenters.